The van der Waals surface area contributed by atoms with Crippen molar-refractivity contribution in [2.75, 3.05) is 12.4 Å². The third-order valence-corrected chi connectivity index (χ3v) is 5.87. The van der Waals surface area contributed by atoms with Crippen molar-refractivity contribution in [1.82, 2.24) is 19.5 Å². The molecule has 9 nitrogen and oxygen atoms in total. The van der Waals surface area contributed by atoms with Crippen molar-refractivity contribution in [3.8, 4) is 11.5 Å². The molecule has 36 heavy (non-hydrogen) atoms. The molecule has 0 aliphatic carbocycles. The summed E-state index contributed by atoms with van der Waals surface area (Å²) >= 11 is 2.10. The normalized spacial score (nSPS) is 12.4. The number of hydrogen-bond donors (Lipinski definition) is 2. The van der Waals surface area contributed by atoms with Gasteiger partial charge in [-0.2, -0.15) is 13.2 Å². The number of hydrogen-bond acceptors (Lipinski definition) is 6. The highest BCUT2D eigenvalue weighted by molar-refractivity contribution is 14.1. The first-order valence-electron chi connectivity index (χ1n) is 10.4. The number of halogens is 4. The molecule has 3 heterocycles. The highest BCUT2D eigenvalue weighted by atomic mass is 127. The summed E-state index contributed by atoms with van der Waals surface area (Å²) in [7, 11) is 1.46. The molecule has 1 unspecified atom stereocenters. The Morgan fingerprint density at radius 1 is 1.17 bits per heavy atom. The molecule has 13 heteroatoms. The molecule has 1 atom stereocenters. The third-order valence-electron chi connectivity index (χ3n) is 5.28. The Morgan fingerprint density at radius 2 is 1.94 bits per heavy atom. The SMILES string of the molecule is COc1cc(C(C)n2c(NC(=O)O)nc3cc(I)cnc32)ccc1OCc1ccc(C(F)(F)F)nc1. The molecule has 0 spiro atoms. The lowest BCUT2D eigenvalue weighted by molar-refractivity contribution is -0.141. The molecule has 1 amide bonds. The Labute approximate surface area is 216 Å². The van der Waals surface area contributed by atoms with E-state index in [1.807, 2.05) is 6.92 Å². The Morgan fingerprint density at radius 3 is 2.58 bits per heavy atom. The molecule has 4 aromatic rings. The Balaban J connectivity index is 1.60. The summed E-state index contributed by atoms with van der Waals surface area (Å²) in [4.78, 5) is 23.6. The number of imidazole rings is 1. The second kappa shape index (κ2) is 10.2. The van der Waals surface area contributed by atoms with E-state index in [9.17, 15) is 23.1 Å². The first kappa shape index (κ1) is 25.5. The van der Waals surface area contributed by atoms with Crippen LogP contribution in [0.15, 0.2) is 48.8 Å². The number of fused-ring (bicyclic) bond motifs is 1. The molecule has 0 radical (unpaired) electrons. The molecule has 0 aliphatic heterocycles. The fraction of sp³-hybridized carbons (Fsp3) is 0.217. The van der Waals surface area contributed by atoms with Crippen LogP contribution in [0, 0.1) is 3.57 Å². The van der Waals surface area contributed by atoms with E-state index in [4.69, 9.17) is 9.47 Å². The average molecular weight is 613 g/mol. The van der Waals surface area contributed by atoms with Crippen molar-refractivity contribution in [2.45, 2.75) is 25.7 Å². The number of nitrogens with one attached hydrogen (secondary N) is 1. The van der Waals surface area contributed by atoms with Gasteiger partial charge in [-0.1, -0.05) is 12.1 Å². The van der Waals surface area contributed by atoms with Crippen LogP contribution in [0.1, 0.15) is 29.8 Å². The van der Waals surface area contributed by atoms with Crippen LogP contribution in [0.2, 0.25) is 0 Å². The summed E-state index contributed by atoms with van der Waals surface area (Å²) < 4.78 is 51.9. The number of anilines is 1. The summed E-state index contributed by atoms with van der Waals surface area (Å²) in [5, 5.41) is 11.6. The van der Waals surface area contributed by atoms with E-state index in [1.54, 1.807) is 35.0 Å². The van der Waals surface area contributed by atoms with Gasteiger partial charge in [0.15, 0.2) is 17.1 Å². The second-order valence-electron chi connectivity index (χ2n) is 7.66. The lowest BCUT2D eigenvalue weighted by Gasteiger charge is -2.19. The van der Waals surface area contributed by atoms with Crippen LogP contribution in [0.3, 0.4) is 0 Å². The van der Waals surface area contributed by atoms with Crippen LogP contribution in [0.4, 0.5) is 23.9 Å². The van der Waals surface area contributed by atoms with Gasteiger partial charge in [0.2, 0.25) is 5.95 Å². The molecule has 3 aromatic heterocycles. The van der Waals surface area contributed by atoms with Crippen LogP contribution in [-0.2, 0) is 12.8 Å². The highest BCUT2D eigenvalue weighted by Gasteiger charge is 2.32. The number of ether oxygens (including phenoxy) is 2. The fourth-order valence-electron chi connectivity index (χ4n) is 3.56. The number of carboxylic acid groups (broad SMARTS) is 1. The number of pyridine rings is 2. The molecule has 188 valence electrons. The van der Waals surface area contributed by atoms with Gasteiger partial charge in [0.1, 0.15) is 17.8 Å². The Hall–Kier alpha value is -3.62. The van der Waals surface area contributed by atoms with Gasteiger partial charge in [0, 0.05) is 21.5 Å². The summed E-state index contributed by atoms with van der Waals surface area (Å²) in [6.45, 7) is 1.84. The summed E-state index contributed by atoms with van der Waals surface area (Å²) in [5.74, 6) is 0.882. The predicted molar refractivity (Wildman–Crippen MR) is 132 cm³/mol. The summed E-state index contributed by atoms with van der Waals surface area (Å²) in [6, 6.07) is 8.77. The van der Waals surface area contributed by atoms with E-state index in [1.165, 1.54) is 13.2 Å². The van der Waals surface area contributed by atoms with Gasteiger partial charge in [-0.25, -0.2) is 14.8 Å². The largest absolute Gasteiger partial charge is 0.493 e. The number of amides is 1. The number of methoxy groups -OCH3 is 1. The van der Waals surface area contributed by atoms with E-state index < -0.39 is 24.0 Å². The molecule has 4 rings (SSSR count). The molecule has 0 fully saturated rings. The minimum atomic E-state index is -4.51. The average Bonchev–Trinajstić information content (AvgIpc) is 3.17. The third kappa shape index (κ3) is 5.45. The molecule has 2 N–H and O–H groups in total. The topological polar surface area (TPSA) is 111 Å². The predicted octanol–water partition coefficient (Wildman–Crippen LogP) is 5.74. The maximum atomic E-state index is 12.7. The number of nitrogens with zero attached hydrogens (tertiary/aromatic N) is 4. The van der Waals surface area contributed by atoms with Crippen molar-refractivity contribution in [2.24, 2.45) is 0 Å². The first-order valence-corrected chi connectivity index (χ1v) is 11.5. The van der Waals surface area contributed by atoms with Crippen molar-refractivity contribution in [3.05, 3.63) is 69.2 Å². The molecule has 0 saturated heterocycles. The molecule has 0 aliphatic rings. The monoisotopic (exact) mass is 613 g/mol. The van der Waals surface area contributed by atoms with Crippen LogP contribution < -0.4 is 14.8 Å². The van der Waals surface area contributed by atoms with Crippen LogP contribution in [0.25, 0.3) is 11.2 Å². The van der Waals surface area contributed by atoms with Gasteiger partial charge < -0.3 is 14.6 Å². The zero-order chi connectivity index (χ0) is 26.0. The van der Waals surface area contributed by atoms with Crippen LogP contribution in [-0.4, -0.2) is 37.8 Å². The maximum absolute atomic E-state index is 12.7. The first-order chi connectivity index (χ1) is 17.1. The summed E-state index contributed by atoms with van der Waals surface area (Å²) in [6.07, 6.45) is -3.00. The van der Waals surface area contributed by atoms with Crippen molar-refractivity contribution >= 4 is 45.8 Å². The van der Waals surface area contributed by atoms with E-state index in [0.29, 0.717) is 28.2 Å². The molecular weight excluding hydrogens is 594 g/mol. The quantitative estimate of drug-likeness (QED) is 0.256. The van der Waals surface area contributed by atoms with E-state index in [0.717, 1.165) is 21.4 Å². The summed E-state index contributed by atoms with van der Waals surface area (Å²) in [5.41, 5.74) is 1.27. The molecule has 0 saturated carbocycles. The Kier molecular flexibility index (Phi) is 7.19. The van der Waals surface area contributed by atoms with Gasteiger partial charge in [-0.3, -0.25) is 14.9 Å². The molecule has 0 bridgehead atoms. The smallest absolute Gasteiger partial charge is 0.433 e. The maximum Gasteiger partial charge on any atom is 0.433 e. The van der Waals surface area contributed by atoms with Gasteiger partial charge in [0.05, 0.1) is 13.2 Å². The van der Waals surface area contributed by atoms with E-state index in [2.05, 4.69) is 42.9 Å². The minimum absolute atomic E-state index is 0.0161. The van der Waals surface area contributed by atoms with E-state index in [-0.39, 0.29) is 12.6 Å². The lowest BCUT2D eigenvalue weighted by atomic mass is 10.1. The standard InChI is InChI=1S/C23H19F3IN5O4/c1-12(32-20-16(8-15(27)10-29-20)30-21(32)31-22(33)34)14-4-5-17(18(7-14)35-2)36-11-13-3-6-19(28-9-13)23(24,25)26/h3-10,12H,11H2,1-2H3,(H,30,31)(H,33,34). The highest BCUT2D eigenvalue weighted by Crippen LogP contribution is 2.35. The molecule has 1 aromatic carbocycles. The van der Waals surface area contributed by atoms with Crippen molar-refractivity contribution in [3.63, 3.8) is 0 Å². The van der Waals surface area contributed by atoms with Crippen molar-refractivity contribution < 1.29 is 32.5 Å². The zero-order valence-electron chi connectivity index (χ0n) is 18.9. The number of benzene rings is 1. The number of carbonyl (C=O) groups is 1. The fourth-order valence-corrected chi connectivity index (χ4v) is 3.99. The minimum Gasteiger partial charge on any atom is -0.493 e. The van der Waals surface area contributed by atoms with Crippen LogP contribution in [0.5, 0.6) is 11.5 Å². The number of alkyl halides is 3. The zero-order valence-corrected chi connectivity index (χ0v) is 21.0. The van der Waals surface area contributed by atoms with Gasteiger partial charge in [-0.15, -0.1) is 0 Å². The second-order valence-corrected chi connectivity index (χ2v) is 8.90. The van der Waals surface area contributed by atoms with Gasteiger partial charge in [0.25, 0.3) is 0 Å². The number of rotatable bonds is 7. The Bertz CT molecular complexity index is 1410. The lowest BCUT2D eigenvalue weighted by Crippen LogP contribution is -2.16. The van der Waals surface area contributed by atoms with Crippen LogP contribution >= 0.6 is 22.6 Å². The van der Waals surface area contributed by atoms with Gasteiger partial charge >= 0.3 is 12.3 Å². The van der Waals surface area contributed by atoms with Crippen molar-refractivity contribution in [1.29, 1.82) is 0 Å². The van der Waals surface area contributed by atoms with Gasteiger partial charge in [-0.05, 0) is 59.3 Å². The van der Waals surface area contributed by atoms with E-state index >= 15 is 0 Å². The number of aromatic nitrogens is 4. The molecular formula is C23H19F3IN5O4.